The number of pyridine rings is 1. The molecule has 3 aliphatic carbocycles. The van der Waals surface area contributed by atoms with E-state index in [1.165, 1.54) is 6.07 Å². The largest absolute Gasteiger partial charge is 0.574 e. The number of carbonyl (C=O) groups is 2. The number of amides is 3. The summed E-state index contributed by atoms with van der Waals surface area (Å²) in [4.78, 5) is 32.7. The molecule has 41 heavy (non-hydrogen) atoms. The number of rotatable bonds is 5. The standard InChI is InChI=1S/C30H33F3N4O4/c1-17(21-7-6-8-25(35-21)41-30(31,32)33)37-22-10-9-19(34-27(39)36-29(3)11-4-5-12-29)14-23(22)40-24-13-18-15-28(24,2)16-20(18)26(37)38/h6-10,13-14,17,20,24H,4-5,11-12,15-16H2,1-3H3,(H2,34,36,39)/t17-,20?,24?,28+/m0/s1. The molecule has 1 aromatic heterocycles. The number of nitrogens with one attached hydrogen (secondary N) is 2. The van der Waals surface area contributed by atoms with Crippen LogP contribution in [0.1, 0.15) is 71.0 Å². The molecule has 3 amide bonds. The average Bonchev–Trinajstić information content (AvgIpc) is 3.56. The van der Waals surface area contributed by atoms with Crippen molar-refractivity contribution >= 4 is 23.3 Å². The van der Waals surface area contributed by atoms with E-state index in [1.807, 2.05) is 13.0 Å². The first kappa shape index (κ1) is 27.4. The van der Waals surface area contributed by atoms with E-state index < -0.39 is 18.3 Å². The molecule has 3 heterocycles. The summed E-state index contributed by atoms with van der Waals surface area (Å²) in [5.41, 5.74) is 1.69. The third-order valence-corrected chi connectivity index (χ3v) is 8.95. The van der Waals surface area contributed by atoms with Crippen molar-refractivity contribution in [3.63, 3.8) is 0 Å². The SMILES string of the molecule is C[C@@H](c1cccc(OC(F)(F)F)n1)N1C(=O)C2C[C@@]3(C)CC2=CC3Oc2cc(NC(=O)NC3(C)CCCC3)ccc21. The molecule has 2 N–H and O–H groups in total. The van der Waals surface area contributed by atoms with Gasteiger partial charge in [0.1, 0.15) is 11.9 Å². The second kappa shape index (κ2) is 9.66. The maximum absolute atomic E-state index is 14.2. The summed E-state index contributed by atoms with van der Waals surface area (Å²) >= 11 is 0. The average molecular weight is 571 g/mol. The topological polar surface area (TPSA) is 92.8 Å². The molecule has 2 fully saturated rings. The van der Waals surface area contributed by atoms with Crippen molar-refractivity contribution in [2.45, 2.75) is 83.3 Å². The summed E-state index contributed by atoms with van der Waals surface area (Å²) < 4.78 is 49.3. The second-order valence-electron chi connectivity index (χ2n) is 12.2. The maximum Gasteiger partial charge on any atom is 0.574 e. The Morgan fingerprint density at radius 2 is 1.95 bits per heavy atom. The number of hydrogen-bond donors (Lipinski definition) is 2. The third-order valence-electron chi connectivity index (χ3n) is 8.95. The molecule has 8 nitrogen and oxygen atoms in total. The fraction of sp³-hybridized carbons (Fsp3) is 0.500. The van der Waals surface area contributed by atoms with Crippen LogP contribution in [0.4, 0.5) is 29.3 Å². The smallest absolute Gasteiger partial charge is 0.484 e. The molecular formula is C30H33F3N4O4. The molecular weight excluding hydrogens is 537 g/mol. The van der Waals surface area contributed by atoms with Crippen molar-refractivity contribution in [1.82, 2.24) is 10.3 Å². The van der Waals surface area contributed by atoms with Crippen molar-refractivity contribution in [1.29, 1.82) is 0 Å². The molecule has 11 heteroatoms. The Labute approximate surface area is 236 Å². The highest BCUT2D eigenvalue weighted by Crippen LogP contribution is 2.57. The van der Waals surface area contributed by atoms with Crippen LogP contribution in [0.5, 0.6) is 11.6 Å². The fourth-order valence-electron chi connectivity index (χ4n) is 6.86. The predicted molar refractivity (Wildman–Crippen MR) is 146 cm³/mol. The summed E-state index contributed by atoms with van der Waals surface area (Å²) in [6, 6.07) is 8.15. The van der Waals surface area contributed by atoms with E-state index in [4.69, 9.17) is 4.74 Å². The van der Waals surface area contributed by atoms with Gasteiger partial charge >= 0.3 is 12.4 Å². The zero-order chi connectivity index (χ0) is 29.2. The van der Waals surface area contributed by atoms with Crippen LogP contribution < -0.4 is 25.0 Å². The van der Waals surface area contributed by atoms with E-state index in [2.05, 4.69) is 27.3 Å². The van der Waals surface area contributed by atoms with Crippen LogP contribution >= 0.6 is 0 Å². The van der Waals surface area contributed by atoms with Crippen LogP contribution in [-0.4, -0.2) is 34.9 Å². The number of nitrogens with zero attached hydrogens (tertiary/aromatic N) is 2. The quantitative estimate of drug-likeness (QED) is 0.393. The van der Waals surface area contributed by atoms with Crippen molar-refractivity contribution < 1.29 is 32.2 Å². The minimum Gasteiger partial charge on any atom is -0.484 e. The summed E-state index contributed by atoms with van der Waals surface area (Å²) in [6.45, 7) is 5.86. The highest BCUT2D eigenvalue weighted by atomic mass is 19.4. The molecule has 5 aliphatic rings. The van der Waals surface area contributed by atoms with Gasteiger partial charge < -0.3 is 20.1 Å². The molecule has 7 rings (SSSR count). The number of benzene rings is 1. The lowest BCUT2D eigenvalue weighted by molar-refractivity contribution is -0.276. The maximum atomic E-state index is 14.2. The number of aromatic nitrogens is 1. The number of carbonyl (C=O) groups excluding carboxylic acids is 2. The van der Waals surface area contributed by atoms with Gasteiger partial charge in [0, 0.05) is 28.8 Å². The summed E-state index contributed by atoms with van der Waals surface area (Å²) in [5.74, 6) is -0.739. The molecule has 0 saturated heterocycles. The first-order valence-electron chi connectivity index (χ1n) is 14.0. The van der Waals surface area contributed by atoms with Crippen LogP contribution in [0.3, 0.4) is 0 Å². The minimum absolute atomic E-state index is 0.172. The zero-order valence-corrected chi connectivity index (χ0v) is 23.2. The van der Waals surface area contributed by atoms with Crippen LogP contribution in [0.2, 0.25) is 0 Å². The molecule has 1 aromatic carbocycles. The highest BCUT2D eigenvalue weighted by molar-refractivity contribution is 6.00. The monoisotopic (exact) mass is 570 g/mol. The number of fused-ring (bicyclic) bond motifs is 1. The third kappa shape index (κ3) is 5.22. The molecule has 2 aromatic rings. The van der Waals surface area contributed by atoms with Gasteiger partial charge in [0.25, 0.3) is 0 Å². The van der Waals surface area contributed by atoms with E-state index in [1.54, 1.807) is 36.1 Å². The van der Waals surface area contributed by atoms with Crippen LogP contribution in [0, 0.1) is 11.3 Å². The van der Waals surface area contributed by atoms with Crippen molar-refractivity contribution in [3.8, 4) is 11.6 Å². The molecule has 0 spiro atoms. The summed E-state index contributed by atoms with van der Waals surface area (Å²) in [7, 11) is 0. The second-order valence-corrected chi connectivity index (χ2v) is 12.2. The predicted octanol–water partition coefficient (Wildman–Crippen LogP) is 6.65. The van der Waals surface area contributed by atoms with E-state index in [9.17, 15) is 22.8 Å². The number of hydrogen-bond acceptors (Lipinski definition) is 5. The number of anilines is 2. The lowest BCUT2D eigenvalue weighted by Crippen LogP contribution is -2.45. The molecule has 0 radical (unpaired) electrons. The zero-order valence-electron chi connectivity index (χ0n) is 23.2. The molecule has 2 aliphatic heterocycles. The lowest BCUT2D eigenvalue weighted by atomic mass is 9.81. The van der Waals surface area contributed by atoms with E-state index >= 15 is 0 Å². The Morgan fingerprint density at radius 1 is 1.20 bits per heavy atom. The van der Waals surface area contributed by atoms with Gasteiger partial charge in [0.05, 0.1) is 23.3 Å². The van der Waals surface area contributed by atoms with Gasteiger partial charge in [-0.15, -0.1) is 13.2 Å². The van der Waals surface area contributed by atoms with Crippen molar-refractivity contribution in [2.24, 2.45) is 11.3 Å². The molecule has 218 valence electrons. The van der Waals surface area contributed by atoms with Crippen LogP contribution in [-0.2, 0) is 4.79 Å². The first-order valence-corrected chi connectivity index (χ1v) is 14.0. The summed E-state index contributed by atoms with van der Waals surface area (Å²) in [5, 5.41) is 5.98. The van der Waals surface area contributed by atoms with Crippen molar-refractivity contribution in [3.05, 3.63) is 53.7 Å². The van der Waals surface area contributed by atoms with E-state index in [0.29, 0.717) is 23.5 Å². The first-order chi connectivity index (χ1) is 19.3. The van der Waals surface area contributed by atoms with Crippen LogP contribution in [0.25, 0.3) is 0 Å². The highest BCUT2D eigenvalue weighted by Gasteiger charge is 2.54. The van der Waals surface area contributed by atoms with Gasteiger partial charge in [-0.05, 0) is 63.8 Å². The number of urea groups is 1. The van der Waals surface area contributed by atoms with Gasteiger partial charge in [-0.1, -0.05) is 31.4 Å². The Bertz CT molecular complexity index is 1420. The number of halogens is 3. The minimum atomic E-state index is -4.89. The summed E-state index contributed by atoms with van der Waals surface area (Å²) in [6.07, 6.45) is 2.20. The van der Waals surface area contributed by atoms with Gasteiger partial charge in [-0.3, -0.25) is 9.69 Å². The van der Waals surface area contributed by atoms with Gasteiger partial charge in [0.15, 0.2) is 0 Å². The van der Waals surface area contributed by atoms with E-state index in [-0.39, 0.29) is 40.6 Å². The van der Waals surface area contributed by atoms with Crippen molar-refractivity contribution in [2.75, 3.05) is 10.2 Å². The Balaban J connectivity index is 1.36. The number of alkyl halides is 3. The number of ether oxygens (including phenoxy) is 2. The lowest BCUT2D eigenvalue weighted by Gasteiger charge is -2.32. The van der Waals surface area contributed by atoms with Gasteiger partial charge in [-0.2, -0.15) is 0 Å². The van der Waals surface area contributed by atoms with Gasteiger partial charge in [0.2, 0.25) is 11.8 Å². The molecule has 4 bridgehead atoms. The van der Waals surface area contributed by atoms with Gasteiger partial charge in [-0.25, -0.2) is 9.78 Å². The Kier molecular flexibility index (Phi) is 6.46. The molecule has 4 atom stereocenters. The Hall–Kier alpha value is -3.76. The normalized spacial score (nSPS) is 26.8. The fourth-order valence-corrected chi connectivity index (χ4v) is 6.86. The van der Waals surface area contributed by atoms with Crippen LogP contribution in [0.15, 0.2) is 48.0 Å². The Morgan fingerprint density at radius 3 is 2.63 bits per heavy atom. The molecule has 2 saturated carbocycles. The molecule has 2 unspecified atom stereocenters. The van der Waals surface area contributed by atoms with E-state index in [0.717, 1.165) is 43.7 Å².